The van der Waals surface area contributed by atoms with Crippen molar-refractivity contribution in [3.63, 3.8) is 0 Å². The van der Waals surface area contributed by atoms with E-state index in [2.05, 4.69) is 21.9 Å². The zero-order valence-corrected chi connectivity index (χ0v) is 18.5. The molecule has 1 aromatic heterocycles. The molecule has 8 heteroatoms. The van der Waals surface area contributed by atoms with Gasteiger partial charge in [0.1, 0.15) is 17.8 Å². The van der Waals surface area contributed by atoms with Crippen LogP contribution in [0, 0.1) is 5.82 Å². The Bertz CT molecular complexity index is 1080. The quantitative estimate of drug-likeness (QED) is 0.383. The van der Waals surface area contributed by atoms with Gasteiger partial charge in [0.2, 0.25) is 0 Å². The average molecular weight is 467 g/mol. The van der Waals surface area contributed by atoms with Gasteiger partial charge in [-0.3, -0.25) is 0 Å². The second kappa shape index (κ2) is 8.80. The third-order valence-electron chi connectivity index (χ3n) is 4.47. The van der Waals surface area contributed by atoms with Gasteiger partial charge in [-0.05, 0) is 55.8 Å². The number of halogens is 4. The Hall–Kier alpha value is -2.34. The molecule has 1 unspecified atom stereocenters. The van der Waals surface area contributed by atoms with E-state index in [1.165, 1.54) is 12.4 Å². The first-order chi connectivity index (χ1) is 14.1. The molecule has 156 valence electrons. The zero-order valence-electron chi connectivity index (χ0n) is 16.3. The van der Waals surface area contributed by atoms with Crippen LogP contribution in [0.2, 0.25) is 10.0 Å². The SMILES string of the molecule is C=C(Nc1ccc(Cl)c(-c2ncncc2F)c1)C(c1cc(O)cc(Cl)c1)C(C)(C)Cl. The Morgan fingerprint density at radius 1 is 1.20 bits per heavy atom. The van der Waals surface area contributed by atoms with E-state index in [9.17, 15) is 9.50 Å². The van der Waals surface area contributed by atoms with E-state index in [-0.39, 0.29) is 11.4 Å². The molecule has 4 nitrogen and oxygen atoms in total. The predicted molar refractivity (Wildman–Crippen MR) is 121 cm³/mol. The third-order valence-corrected chi connectivity index (χ3v) is 5.23. The minimum absolute atomic E-state index is 0.0317. The second-order valence-electron chi connectivity index (χ2n) is 7.30. The summed E-state index contributed by atoms with van der Waals surface area (Å²) in [6.07, 6.45) is 2.33. The molecule has 0 saturated heterocycles. The van der Waals surface area contributed by atoms with Crippen LogP contribution in [-0.4, -0.2) is 19.9 Å². The van der Waals surface area contributed by atoms with E-state index >= 15 is 0 Å². The molecular formula is C22H19Cl3FN3O. The number of anilines is 1. The van der Waals surface area contributed by atoms with Crippen LogP contribution in [-0.2, 0) is 0 Å². The lowest BCUT2D eigenvalue weighted by molar-refractivity contribution is 0.473. The molecular weight excluding hydrogens is 448 g/mol. The fraction of sp³-hybridized carbons (Fsp3) is 0.182. The Balaban J connectivity index is 1.97. The normalized spacial score (nSPS) is 12.5. The van der Waals surface area contributed by atoms with Gasteiger partial charge in [0.05, 0.1) is 16.1 Å². The van der Waals surface area contributed by atoms with Gasteiger partial charge in [0.25, 0.3) is 0 Å². The van der Waals surface area contributed by atoms with E-state index in [0.717, 1.165) is 6.20 Å². The van der Waals surface area contributed by atoms with Crippen molar-refractivity contribution in [3.8, 4) is 17.0 Å². The molecule has 2 N–H and O–H groups in total. The molecule has 3 rings (SSSR count). The van der Waals surface area contributed by atoms with Crippen LogP contribution in [0.25, 0.3) is 11.3 Å². The van der Waals surface area contributed by atoms with Crippen LogP contribution in [0.5, 0.6) is 5.75 Å². The molecule has 1 atom stereocenters. The van der Waals surface area contributed by atoms with Gasteiger partial charge < -0.3 is 10.4 Å². The largest absolute Gasteiger partial charge is 0.508 e. The number of hydrogen-bond donors (Lipinski definition) is 2. The summed E-state index contributed by atoms with van der Waals surface area (Å²) in [5.41, 5.74) is 2.39. The number of hydrogen-bond acceptors (Lipinski definition) is 4. The van der Waals surface area contributed by atoms with E-state index in [0.29, 0.717) is 32.6 Å². The number of nitrogens with zero attached hydrogens (tertiary/aromatic N) is 2. The van der Waals surface area contributed by atoms with Gasteiger partial charge in [-0.25, -0.2) is 14.4 Å². The molecule has 0 aliphatic rings. The van der Waals surface area contributed by atoms with Crippen molar-refractivity contribution in [2.75, 3.05) is 5.32 Å². The summed E-state index contributed by atoms with van der Waals surface area (Å²) in [7, 11) is 0. The first-order valence-corrected chi connectivity index (χ1v) is 10.1. The fourth-order valence-electron chi connectivity index (χ4n) is 3.33. The Morgan fingerprint density at radius 2 is 1.93 bits per heavy atom. The summed E-state index contributed by atoms with van der Waals surface area (Å²) >= 11 is 19.0. The van der Waals surface area contributed by atoms with Gasteiger partial charge >= 0.3 is 0 Å². The molecule has 0 radical (unpaired) electrons. The first-order valence-electron chi connectivity index (χ1n) is 8.96. The molecule has 2 aromatic carbocycles. The first kappa shape index (κ1) is 22.3. The van der Waals surface area contributed by atoms with Crippen molar-refractivity contribution in [2.45, 2.75) is 24.6 Å². The number of benzene rings is 2. The summed E-state index contributed by atoms with van der Waals surface area (Å²) in [4.78, 5) is 6.90. The highest BCUT2D eigenvalue weighted by Crippen LogP contribution is 2.41. The van der Waals surface area contributed by atoms with Crippen molar-refractivity contribution in [1.82, 2.24) is 9.97 Å². The Labute approximate surface area is 189 Å². The van der Waals surface area contributed by atoms with Crippen LogP contribution in [0.1, 0.15) is 25.3 Å². The van der Waals surface area contributed by atoms with Gasteiger partial charge in [-0.2, -0.15) is 0 Å². The van der Waals surface area contributed by atoms with Gasteiger partial charge in [-0.1, -0.05) is 29.8 Å². The van der Waals surface area contributed by atoms with E-state index in [1.54, 1.807) is 30.3 Å². The second-order valence-corrected chi connectivity index (χ2v) is 9.12. The summed E-state index contributed by atoms with van der Waals surface area (Å²) in [5.74, 6) is -0.951. The molecule has 3 aromatic rings. The van der Waals surface area contributed by atoms with Gasteiger partial charge in [0, 0.05) is 27.9 Å². The monoisotopic (exact) mass is 465 g/mol. The summed E-state index contributed by atoms with van der Waals surface area (Å²) in [6, 6.07) is 9.82. The molecule has 0 aliphatic carbocycles. The van der Waals surface area contributed by atoms with Crippen LogP contribution < -0.4 is 5.32 Å². The van der Waals surface area contributed by atoms with Crippen molar-refractivity contribution < 1.29 is 9.50 Å². The zero-order chi connectivity index (χ0) is 22.1. The number of nitrogens with one attached hydrogen (secondary N) is 1. The highest BCUT2D eigenvalue weighted by atomic mass is 35.5. The van der Waals surface area contributed by atoms with E-state index in [1.807, 2.05) is 13.8 Å². The number of rotatable bonds is 6. The average Bonchev–Trinajstić information content (AvgIpc) is 2.62. The van der Waals surface area contributed by atoms with Crippen molar-refractivity contribution in [3.05, 3.63) is 82.6 Å². The molecule has 30 heavy (non-hydrogen) atoms. The minimum Gasteiger partial charge on any atom is -0.508 e. The molecule has 0 saturated carbocycles. The lowest BCUT2D eigenvalue weighted by Gasteiger charge is -2.31. The number of alkyl halides is 1. The Kier molecular flexibility index (Phi) is 6.56. The fourth-order valence-corrected chi connectivity index (χ4v) is 4.03. The Morgan fingerprint density at radius 3 is 2.57 bits per heavy atom. The number of phenols is 1. The summed E-state index contributed by atoms with van der Waals surface area (Å²) in [6.45, 7) is 7.82. The van der Waals surface area contributed by atoms with Crippen LogP contribution in [0.3, 0.4) is 0 Å². The van der Waals surface area contributed by atoms with Crippen LogP contribution >= 0.6 is 34.8 Å². The molecule has 0 spiro atoms. The maximum atomic E-state index is 14.2. The molecule has 0 amide bonds. The smallest absolute Gasteiger partial charge is 0.167 e. The summed E-state index contributed by atoms with van der Waals surface area (Å²) < 4.78 is 14.2. The van der Waals surface area contributed by atoms with E-state index < -0.39 is 16.6 Å². The number of allylic oxidation sites excluding steroid dienone is 1. The predicted octanol–water partition coefficient (Wildman–Crippen LogP) is 7.02. The summed E-state index contributed by atoms with van der Waals surface area (Å²) in [5, 5.41) is 13.9. The van der Waals surface area contributed by atoms with Crippen molar-refractivity contribution in [1.29, 1.82) is 0 Å². The lowest BCUT2D eigenvalue weighted by atomic mass is 9.85. The number of aromatic hydroxyl groups is 1. The maximum Gasteiger partial charge on any atom is 0.167 e. The third kappa shape index (κ3) is 5.04. The highest BCUT2D eigenvalue weighted by Gasteiger charge is 2.32. The lowest BCUT2D eigenvalue weighted by Crippen LogP contribution is -2.27. The molecule has 0 fully saturated rings. The van der Waals surface area contributed by atoms with Crippen molar-refractivity contribution in [2.24, 2.45) is 0 Å². The molecule has 1 heterocycles. The van der Waals surface area contributed by atoms with Crippen molar-refractivity contribution >= 4 is 40.5 Å². The minimum atomic E-state index is -0.755. The molecule has 0 aliphatic heterocycles. The number of phenolic OH excluding ortho intramolecular Hbond substituents is 1. The van der Waals surface area contributed by atoms with Crippen LogP contribution in [0.4, 0.5) is 10.1 Å². The highest BCUT2D eigenvalue weighted by molar-refractivity contribution is 6.33. The van der Waals surface area contributed by atoms with Gasteiger partial charge in [-0.15, -0.1) is 11.6 Å². The topological polar surface area (TPSA) is 58.0 Å². The van der Waals surface area contributed by atoms with Crippen LogP contribution in [0.15, 0.2) is 61.2 Å². The number of aromatic nitrogens is 2. The maximum absolute atomic E-state index is 14.2. The van der Waals surface area contributed by atoms with E-state index in [4.69, 9.17) is 34.8 Å². The molecule has 0 bridgehead atoms. The van der Waals surface area contributed by atoms with Gasteiger partial charge in [0.15, 0.2) is 5.82 Å². The standard InChI is InChI=1S/C22H19Cl3FN3O/c1-12(20(22(2,3)25)13-6-14(23)8-16(30)7-13)29-15-4-5-18(24)17(9-15)21-19(26)10-27-11-28-21/h4-11,20,29-30H,1H2,2-3H3.